The van der Waals surface area contributed by atoms with E-state index in [0.717, 1.165) is 5.52 Å². The first-order chi connectivity index (χ1) is 5.29. The Labute approximate surface area is 71.0 Å². The molecule has 0 atom stereocenters. The van der Waals surface area contributed by atoms with Crippen molar-refractivity contribution in [2.24, 2.45) is 0 Å². The number of hydrogen-bond donors (Lipinski definition) is 0. The second-order valence-electron chi connectivity index (χ2n) is 2.16. The summed E-state index contributed by atoms with van der Waals surface area (Å²) in [7, 11) is 0. The van der Waals surface area contributed by atoms with Crippen LogP contribution in [-0.2, 0) is 0 Å². The third kappa shape index (κ3) is 0.939. The van der Waals surface area contributed by atoms with Crippen molar-refractivity contribution in [2.75, 3.05) is 0 Å². The van der Waals surface area contributed by atoms with Gasteiger partial charge in [-0.15, -0.1) is 0 Å². The molecule has 0 saturated heterocycles. The van der Waals surface area contributed by atoms with Crippen LogP contribution in [0.25, 0.3) is 11.0 Å². The fourth-order valence-electron chi connectivity index (χ4n) is 0.983. The Morgan fingerprint density at radius 3 is 3.09 bits per heavy atom. The molecule has 0 saturated carbocycles. The maximum atomic E-state index is 12.9. The molecule has 2 aromatic heterocycles. The first-order valence-electron chi connectivity index (χ1n) is 3.07. The van der Waals surface area contributed by atoms with Gasteiger partial charge < -0.3 is 0 Å². The topological polar surface area (TPSA) is 17.8 Å². The van der Waals surface area contributed by atoms with Gasteiger partial charge in [-0.25, -0.2) is 4.39 Å². The monoisotopic (exact) mass is 214 g/mol. The zero-order valence-corrected chi connectivity index (χ0v) is 7.05. The van der Waals surface area contributed by atoms with Crippen LogP contribution in [0.1, 0.15) is 0 Å². The number of fused-ring (bicyclic) bond motifs is 1. The zero-order chi connectivity index (χ0) is 7.84. The van der Waals surface area contributed by atoms with Gasteiger partial charge in [0.25, 0.3) is 0 Å². The molecule has 56 valence electrons. The minimum atomic E-state index is -0.308. The fraction of sp³-hybridized carbons (Fsp3) is 0. The van der Waals surface area contributed by atoms with Gasteiger partial charge in [-0.1, -0.05) is 0 Å². The minimum absolute atomic E-state index is 0.308. The molecule has 0 aliphatic rings. The Bertz CT molecular complexity index is 360. The predicted octanol–water partition coefficient (Wildman–Crippen LogP) is 2.33. The second-order valence-corrected chi connectivity index (χ2v) is 2.92. The average Bonchev–Trinajstić information content (AvgIpc) is 2.30. The summed E-state index contributed by atoms with van der Waals surface area (Å²) in [4.78, 5) is 3.88. The summed E-state index contributed by atoms with van der Waals surface area (Å²) >= 11 is 3.15. The predicted molar refractivity (Wildman–Crippen MR) is 44.0 cm³/mol. The molecule has 2 aromatic rings. The largest absolute Gasteiger partial charge is 0.279 e. The molecule has 0 spiro atoms. The van der Waals surface area contributed by atoms with Crippen LogP contribution in [0.3, 0.4) is 0 Å². The lowest BCUT2D eigenvalue weighted by Gasteiger charge is -1.88. The molecule has 4 heteroatoms. The molecule has 0 amide bonds. The molecule has 0 unspecified atom stereocenters. The van der Waals surface area contributed by atoms with Gasteiger partial charge in [0.2, 0.25) is 0 Å². The molecular formula is C7H4BrFN2. The number of rotatable bonds is 0. The lowest BCUT2D eigenvalue weighted by Crippen LogP contribution is -1.76. The van der Waals surface area contributed by atoms with Gasteiger partial charge in [-0.2, -0.15) is 0 Å². The van der Waals surface area contributed by atoms with Crippen molar-refractivity contribution in [3.63, 3.8) is 0 Å². The van der Waals surface area contributed by atoms with E-state index in [0.29, 0.717) is 5.52 Å². The average molecular weight is 215 g/mol. The van der Waals surface area contributed by atoms with Crippen molar-refractivity contribution in [1.29, 1.82) is 0 Å². The first-order valence-corrected chi connectivity index (χ1v) is 3.77. The van der Waals surface area contributed by atoms with Crippen molar-refractivity contribution in [1.82, 2.24) is 8.58 Å². The summed E-state index contributed by atoms with van der Waals surface area (Å²) in [6.45, 7) is 0. The van der Waals surface area contributed by atoms with Crippen LogP contribution in [0.2, 0.25) is 0 Å². The molecule has 0 aliphatic carbocycles. The third-order valence-electron chi connectivity index (χ3n) is 1.47. The van der Waals surface area contributed by atoms with Gasteiger partial charge in [0.05, 0.1) is 27.9 Å². The van der Waals surface area contributed by atoms with Gasteiger partial charge in [-0.3, -0.25) is 8.58 Å². The Kier molecular flexibility index (Phi) is 1.42. The molecule has 0 radical (unpaired) electrons. The first kappa shape index (κ1) is 6.79. The third-order valence-corrected chi connectivity index (χ3v) is 2.06. The van der Waals surface area contributed by atoms with Crippen LogP contribution in [0.4, 0.5) is 4.39 Å². The van der Waals surface area contributed by atoms with Gasteiger partial charge in [0.15, 0.2) is 5.82 Å². The van der Waals surface area contributed by atoms with E-state index in [9.17, 15) is 4.39 Å². The molecule has 2 rings (SSSR count). The maximum absolute atomic E-state index is 12.9. The summed E-state index contributed by atoms with van der Waals surface area (Å²) < 4.78 is 14.4. The number of hydrogen-bond acceptors (Lipinski definition) is 1. The molecule has 0 fully saturated rings. The van der Waals surface area contributed by atoms with E-state index in [4.69, 9.17) is 0 Å². The van der Waals surface area contributed by atoms with Crippen LogP contribution in [0.15, 0.2) is 24.5 Å². The molecule has 11 heavy (non-hydrogen) atoms. The Hall–Kier alpha value is -0.900. The number of halogens is 2. The lowest BCUT2D eigenvalue weighted by molar-refractivity contribution is 0.636. The molecule has 2 heterocycles. The lowest BCUT2D eigenvalue weighted by atomic mass is 10.4. The van der Waals surface area contributed by atoms with Crippen molar-refractivity contribution < 1.29 is 4.39 Å². The summed E-state index contributed by atoms with van der Waals surface area (Å²) in [5, 5.41) is 0. The van der Waals surface area contributed by atoms with E-state index < -0.39 is 0 Å². The summed E-state index contributed by atoms with van der Waals surface area (Å²) in [6.07, 6.45) is 2.91. The number of pyridine rings is 1. The normalized spacial score (nSPS) is 10.7. The summed E-state index contributed by atoms with van der Waals surface area (Å²) in [5.41, 5.74) is 1.13. The van der Waals surface area contributed by atoms with E-state index in [2.05, 4.69) is 21.1 Å². The zero-order valence-electron chi connectivity index (χ0n) is 5.46. The van der Waals surface area contributed by atoms with Crippen molar-refractivity contribution >= 4 is 27.2 Å². The van der Waals surface area contributed by atoms with Crippen LogP contribution in [0, 0.1) is 5.82 Å². The highest BCUT2D eigenvalue weighted by Gasteiger charge is 2.05. The smallest absolute Gasteiger partial charge is 0.168 e. The molecule has 0 N–H and O–H groups in total. The standard InChI is InChI=1S/C7H4BrFN2/c8-11-4-5(9)7-6(11)2-1-3-10-7/h1-4H. The molecule has 2 nitrogen and oxygen atoms in total. The Balaban J connectivity index is 2.95. The number of aromatic nitrogens is 2. The Morgan fingerprint density at radius 2 is 2.36 bits per heavy atom. The van der Waals surface area contributed by atoms with E-state index >= 15 is 0 Å². The quantitative estimate of drug-likeness (QED) is 0.659. The van der Waals surface area contributed by atoms with Crippen LogP contribution < -0.4 is 0 Å². The molecule has 0 bridgehead atoms. The van der Waals surface area contributed by atoms with Crippen LogP contribution in [-0.4, -0.2) is 8.58 Å². The highest BCUT2D eigenvalue weighted by Crippen LogP contribution is 2.18. The molecular weight excluding hydrogens is 211 g/mol. The van der Waals surface area contributed by atoms with Crippen molar-refractivity contribution in [3.8, 4) is 0 Å². The van der Waals surface area contributed by atoms with E-state index in [1.165, 1.54) is 9.79 Å². The van der Waals surface area contributed by atoms with Gasteiger partial charge >= 0.3 is 0 Å². The highest BCUT2D eigenvalue weighted by atomic mass is 79.9. The van der Waals surface area contributed by atoms with Gasteiger partial charge in [-0.05, 0) is 12.1 Å². The summed E-state index contributed by atoms with van der Waals surface area (Å²) in [5.74, 6) is -0.308. The van der Waals surface area contributed by atoms with Crippen molar-refractivity contribution in [2.45, 2.75) is 0 Å². The number of nitrogens with zero attached hydrogens (tertiary/aromatic N) is 2. The fourth-order valence-corrected chi connectivity index (χ4v) is 1.45. The van der Waals surface area contributed by atoms with Crippen molar-refractivity contribution in [3.05, 3.63) is 30.3 Å². The summed E-state index contributed by atoms with van der Waals surface area (Å²) in [6, 6.07) is 3.56. The van der Waals surface area contributed by atoms with E-state index in [1.54, 1.807) is 18.3 Å². The highest BCUT2D eigenvalue weighted by molar-refractivity contribution is 9.08. The molecule has 0 aromatic carbocycles. The minimum Gasteiger partial charge on any atom is -0.279 e. The second kappa shape index (κ2) is 2.30. The van der Waals surface area contributed by atoms with Crippen LogP contribution >= 0.6 is 16.1 Å². The van der Waals surface area contributed by atoms with E-state index in [-0.39, 0.29) is 5.82 Å². The van der Waals surface area contributed by atoms with Gasteiger partial charge in [0, 0.05) is 6.20 Å². The van der Waals surface area contributed by atoms with Crippen LogP contribution in [0.5, 0.6) is 0 Å². The SMILES string of the molecule is Fc1cn(Br)c2cccnc12. The Morgan fingerprint density at radius 1 is 1.55 bits per heavy atom. The van der Waals surface area contributed by atoms with E-state index in [1.807, 2.05) is 0 Å². The maximum Gasteiger partial charge on any atom is 0.168 e. The van der Waals surface area contributed by atoms with Gasteiger partial charge in [0.1, 0.15) is 5.52 Å². The molecule has 0 aliphatic heterocycles.